The summed E-state index contributed by atoms with van der Waals surface area (Å²) in [6.07, 6.45) is 5.49. The summed E-state index contributed by atoms with van der Waals surface area (Å²) in [5.41, 5.74) is 1.37. The zero-order valence-corrected chi connectivity index (χ0v) is 11.2. The molecule has 0 spiro atoms. The van der Waals surface area contributed by atoms with Crippen LogP contribution in [0, 0.1) is 0 Å². The van der Waals surface area contributed by atoms with Crippen molar-refractivity contribution in [1.82, 2.24) is 20.6 Å². The Morgan fingerprint density at radius 3 is 3.15 bits per heavy atom. The molecule has 3 rings (SSSR count). The van der Waals surface area contributed by atoms with E-state index in [4.69, 9.17) is 4.74 Å². The van der Waals surface area contributed by atoms with Crippen LogP contribution in [0.2, 0.25) is 0 Å². The summed E-state index contributed by atoms with van der Waals surface area (Å²) in [6, 6.07) is 4.13. The van der Waals surface area contributed by atoms with Crippen LogP contribution in [-0.2, 0) is 4.74 Å². The molecule has 0 atom stereocenters. The number of nitrogens with one attached hydrogen (secondary N) is 3. The molecule has 2 aromatic rings. The molecule has 0 bridgehead atoms. The van der Waals surface area contributed by atoms with Crippen molar-refractivity contribution in [3.05, 3.63) is 30.2 Å². The van der Waals surface area contributed by atoms with Gasteiger partial charge in [0.25, 0.3) is 5.91 Å². The van der Waals surface area contributed by atoms with Crippen molar-refractivity contribution in [2.45, 2.75) is 18.9 Å². The van der Waals surface area contributed by atoms with Gasteiger partial charge < -0.3 is 15.0 Å². The van der Waals surface area contributed by atoms with E-state index in [-0.39, 0.29) is 5.91 Å². The number of amides is 1. The van der Waals surface area contributed by atoms with Crippen LogP contribution >= 0.6 is 0 Å². The molecular formula is C14H18N4O2. The Labute approximate surface area is 116 Å². The van der Waals surface area contributed by atoms with Gasteiger partial charge in [-0.2, -0.15) is 0 Å². The highest BCUT2D eigenvalue weighted by Gasteiger charge is 2.13. The Kier molecular flexibility index (Phi) is 3.94. The summed E-state index contributed by atoms with van der Waals surface area (Å²) < 4.78 is 5.29. The van der Waals surface area contributed by atoms with Gasteiger partial charge in [0.1, 0.15) is 5.69 Å². The normalized spacial score (nSPS) is 16.4. The number of aromatic amines is 1. The van der Waals surface area contributed by atoms with E-state index in [1.165, 1.54) is 0 Å². The Bertz CT molecular complexity index is 590. The molecule has 0 radical (unpaired) electrons. The van der Waals surface area contributed by atoms with E-state index in [2.05, 4.69) is 20.6 Å². The van der Waals surface area contributed by atoms with Gasteiger partial charge in [0.05, 0.1) is 18.4 Å². The molecule has 1 amide bonds. The zero-order valence-electron chi connectivity index (χ0n) is 11.2. The molecule has 0 aromatic carbocycles. The minimum Gasteiger partial charge on any atom is -0.381 e. The molecule has 6 heteroatoms. The molecule has 3 heterocycles. The van der Waals surface area contributed by atoms with Gasteiger partial charge in [0, 0.05) is 30.8 Å². The minimum atomic E-state index is -0.160. The molecular weight excluding hydrogens is 256 g/mol. The smallest absolute Gasteiger partial charge is 0.270 e. The summed E-state index contributed by atoms with van der Waals surface area (Å²) in [5.74, 6) is -0.160. The van der Waals surface area contributed by atoms with Gasteiger partial charge in [-0.15, -0.1) is 0 Å². The van der Waals surface area contributed by atoms with E-state index in [0.29, 0.717) is 18.4 Å². The van der Waals surface area contributed by atoms with Gasteiger partial charge in [-0.05, 0) is 25.0 Å². The molecule has 20 heavy (non-hydrogen) atoms. The van der Waals surface area contributed by atoms with Gasteiger partial charge in [0.15, 0.2) is 0 Å². The molecule has 0 aliphatic carbocycles. The molecule has 6 nitrogen and oxygen atoms in total. The van der Waals surface area contributed by atoms with Crippen LogP contribution < -0.4 is 10.6 Å². The third-order valence-electron chi connectivity index (χ3n) is 3.53. The second-order valence-electron chi connectivity index (χ2n) is 4.91. The van der Waals surface area contributed by atoms with Gasteiger partial charge in [-0.3, -0.25) is 10.1 Å². The molecule has 106 valence electrons. The first kappa shape index (κ1) is 13.1. The summed E-state index contributed by atoms with van der Waals surface area (Å²) in [7, 11) is 0. The molecule has 2 aromatic heterocycles. The Morgan fingerprint density at radius 2 is 2.30 bits per heavy atom. The average molecular weight is 274 g/mol. The van der Waals surface area contributed by atoms with Crippen LogP contribution in [0.4, 0.5) is 0 Å². The number of fused-ring (bicyclic) bond motifs is 1. The number of carbonyl (C=O) groups is 1. The van der Waals surface area contributed by atoms with Crippen LogP contribution in [0.3, 0.4) is 0 Å². The largest absolute Gasteiger partial charge is 0.381 e. The lowest BCUT2D eigenvalue weighted by molar-refractivity contribution is 0.0764. The Hall–Kier alpha value is -1.92. The summed E-state index contributed by atoms with van der Waals surface area (Å²) in [5, 5.41) is 7.14. The van der Waals surface area contributed by atoms with Crippen LogP contribution in [0.5, 0.6) is 0 Å². The Balaban J connectivity index is 1.53. The molecule has 0 unspecified atom stereocenters. The van der Waals surface area contributed by atoms with E-state index in [1.807, 2.05) is 12.3 Å². The van der Waals surface area contributed by atoms with Gasteiger partial charge in [-0.25, -0.2) is 4.98 Å². The van der Waals surface area contributed by atoms with Gasteiger partial charge >= 0.3 is 0 Å². The predicted molar refractivity (Wildman–Crippen MR) is 75.4 cm³/mol. The van der Waals surface area contributed by atoms with Crippen molar-refractivity contribution in [3.8, 4) is 0 Å². The van der Waals surface area contributed by atoms with Crippen molar-refractivity contribution in [3.63, 3.8) is 0 Å². The SMILES string of the molecule is O=C(NCNC1CCOCC1)c1cc2cc[nH]c2cn1. The number of rotatable bonds is 4. The third-order valence-corrected chi connectivity index (χ3v) is 3.53. The monoisotopic (exact) mass is 274 g/mol. The number of ether oxygens (including phenoxy) is 1. The number of H-pyrrole nitrogens is 1. The van der Waals surface area contributed by atoms with Crippen molar-refractivity contribution in [2.75, 3.05) is 19.9 Å². The fraction of sp³-hybridized carbons (Fsp3) is 0.429. The van der Waals surface area contributed by atoms with Crippen LogP contribution in [0.15, 0.2) is 24.5 Å². The lowest BCUT2D eigenvalue weighted by atomic mass is 10.1. The van der Waals surface area contributed by atoms with E-state index < -0.39 is 0 Å². The first-order valence-corrected chi connectivity index (χ1v) is 6.85. The van der Waals surface area contributed by atoms with Crippen molar-refractivity contribution in [1.29, 1.82) is 0 Å². The molecule has 1 fully saturated rings. The van der Waals surface area contributed by atoms with E-state index in [1.54, 1.807) is 12.3 Å². The number of hydrogen-bond donors (Lipinski definition) is 3. The van der Waals surface area contributed by atoms with Gasteiger partial charge in [-0.1, -0.05) is 0 Å². The lowest BCUT2D eigenvalue weighted by Crippen LogP contribution is -2.42. The first-order chi connectivity index (χ1) is 9.83. The number of nitrogens with zero attached hydrogens (tertiary/aromatic N) is 1. The van der Waals surface area contributed by atoms with Crippen LogP contribution in [-0.4, -0.2) is 41.8 Å². The van der Waals surface area contributed by atoms with Crippen LogP contribution in [0.1, 0.15) is 23.3 Å². The van der Waals surface area contributed by atoms with Crippen molar-refractivity contribution in [2.24, 2.45) is 0 Å². The van der Waals surface area contributed by atoms with Crippen molar-refractivity contribution >= 4 is 16.8 Å². The van der Waals surface area contributed by atoms with Crippen LogP contribution in [0.25, 0.3) is 10.9 Å². The van der Waals surface area contributed by atoms with E-state index >= 15 is 0 Å². The van der Waals surface area contributed by atoms with Crippen molar-refractivity contribution < 1.29 is 9.53 Å². The average Bonchev–Trinajstić information content (AvgIpc) is 2.95. The third kappa shape index (κ3) is 2.97. The number of pyridine rings is 1. The van der Waals surface area contributed by atoms with E-state index in [9.17, 15) is 4.79 Å². The molecule has 1 aliphatic heterocycles. The summed E-state index contributed by atoms with van der Waals surface area (Å²) >= 11 is 0. The highest BCUT2D eigenvalue weighted by molar-refractivity contribution is 5.95. The van der Waals surface area contributed by atoms with Gasteiger partial charge in [0.2, 0.25) is 0 Å². The fourth-order valence-corrected chi connectivity index (χ4v) is 2.34. The maximum atomic E-state index is 12.0. The zero-order chi connectivity index (χ0) is 13.8. The molecule has 3 N–H and O–H groups in total. The predicted octanol–water partition coefficient (Wildman–Crippen LogP) is 1.02. The second kappa shape index (κ2) is 6.02. The summed E-state index contributed by atoms with van der Waals surface area (Å²) in [6.45, 7) is 2.03. The first-order valence-electron chi connectivity index (χ1n) is 6.85. The standard InChI is InChI=1S/C14H18N4O2/c19-14(18-9-17-11-2-5-20-6-3-11)12-7-10-1-4-15-13(10)8-16-12/h1,4,7-8,11,15,17H,2-3,5-6,9H2,(H,18,19). The molecule has 0 saturated carbocycles. The second-order valence-corrected chi connectivity index (χ2v) is 4.91. The molecule has 1 saturated heterocycles. The Morgan fingerprint density at radius 1 is 1.45 bits per heavy atom. The topological polar surface area (TPSA) is 79.0 Å². The lowest BCUT2D eigenvalue weighted by Gasteiger charge is -2.23. The fourth-order valence-electron chi connectivity index (χ4n) is 2.34. The maximum absolute atomic E-state index is 12.0. The molecule has 1 aliphatic rings. The maximum Gasteiger partial charge on any atom is 0.270 e. The highest BCUT2D eigenvalue weighted by atomic mass is 16.5. The number of carbonyl (C=O) groups excluding carboxylic acids is 1. The quantitative estimate of drug-likeness (QED) is 0.727. The van der Waals surface area contributed by atoms with E-state index in [0.717, 1.165) is 37.0 Å². The minimum absolute atomic E-state index is 0.160. The number of aromatic nitrogens is 2. The summed E-state index contributed by atoms with van der Waals surface area (Å²) in [4.78, 5) is 19.2. The number of hydrogen-bond acceptors (Lipinski definition) is 4. The highest BCUT2D eigenvalue weighted by Crippen LogP contribution is 2.11.